The maximum atomic E-state index is 10.9. The molecule has 2 N–H and O–H groups in total. The predicted molar refractivity (Wildman–Crippen MR) is 71.3 cm³/mol. The van der Waals surface area contributed by atoms with Crippen molar-refractivity contribution in [2.45, 2.75) is 33.2 Å². The van der Waals surface area contributed by atoms with Crippen molar-refractivity contribution in [2.75, 3.05) is 14.2 Å². The summed E-state index contributed by atoms with van der Waals surface area (Å²) < 4.78 is 5.47. The minimum absolute atomic E-state index is 0.0379. The molecule has 0 bridgehead atoms. The van der Waals surface area contributed by atoms with E-state index >= 15 is 0 Å². The summed E-state index contributed by atoms with van der Waals surface area (Å²) in [5, 5.41) is 12.0. The Labute approximate surface area is 108 Å². The van der Waals surface area contributed by atoms with Crippen molar-refractivity contribution >= 4 is 5.97 Å². The third-order valence-electron chi connectivity index (χ3n) is 3.31. The highest BCUT2D eigenvalue weighted by atomic mass is 16.5. The predicted octanol–water partition coefficient (Wildman–Crippen LogP) is 2.36. The molecule has 0 aliphatic rings. The van der Waals surface area contributed by atoms with Crippen LogP contribution in [0.25, 0.3) is 0 Å². The maximum Gasteiger partial charge on any atom is 0.305 e. The molecule has 0 aromatic heterocycles. The second kappa shape index (κ2) is 5.87. The summed E-state index contributed by atoms with van der Waals surface area (Å²) in [5.74, 6) is -0.0397. The van der Waals surface area contributed by atoms with E-state index in [9.17, 15) is 4.79 Å². The van der Waals surface area contributed by atoms with E-state index in [2.05, 4.69) is 11.4 Å². The Morgan fingerprint density at radius 1 is 1.39 bits per heavy atom. The van der Waals surface area contributed by atoms with E-state index in [1.807, 2.05) is 20.8 Å². The van der Waals surface area contributed by atoms with Gasteiger partial charge in [-0.3, -0.25) is 4.79 Å². The van der Waals surface area contributed by atoms with Gasteiger partial charge in [0.1, 0.15) is 5.75 Å². The summed E-state index contributed by atoms with van der Waals surface area (Å²) in [4.78, 5) is 10.9. The molecule has 1 atom stereocenters. The molecule has 1 unspecified atom stereocenters. The third kappa shape index (κ3) is 2.82. The topological polar surface area (TPSA) is 58.6 Å². The summed E-state index contributed by atoms with van der Waals surface area (Å²) in [6, 6.07) is 1.83. The van der Waals surface area contributed by atoms with Crippen LogP contribution in [0.3, 0.4) is 0 Å². The Morgan fingerprint density at radius 3 is 2.44 bits per heavy atom. The molecular formula is C14H21NO3. The summed E-state index contributed by atoms with van der Waals surface area (Å²) >= 11 is 0. The highest BCUT2D eigenvalue weighted by Crippen LogP contribution is 2.35. The molecule has 1 aromatic carbocycles. The summed E-state index contributed by atoms with van der Waals surface area (Å²) in [6.07, 6.45) is 0.0379. The van der Waals surface area contributed by atoms with Crippen LogP contribution in [0.15, 0.2) is 6.07 Å². The van der Waals surface area contributed by atoms with Crippen LogP contribution in [0.2, 0.25) is 0 Å². The third-order valence-corrected chi connectivity index (χ3v) is 3.31. The number of nitrogens with one attached hydrogen (secondary N) is 1. The molecule has 0 saturated carbocycles. The number of carbonyl (C=O) groups is 1. The second-order valence-corrected chi connectivity index (χ2v) is 4.52. The zero-order valence-electron chi connectivity index (χ0n) is 11.6. The van der Waals surface area contributed by atoms with Crippen molar-refractivity contribution in [2.24, 2.45) is 0 Å². The zero-order valence-corrected chi connectivity index (χ0v) is 11.6. The van der Waals surface area contributed by atoms with E-state index in [1.165, 1.54) is 0 Å². The molecule has 100 valence electrons. The van der Waals surface area contributed by atoms with Gasteiger partial charge in [-0.05, 0) is 44.5 Å². The fourth-order valence-corrected chi connectivity index (χ4v) is 2.29. The number of aliphatic carboxylic acids is 1. The van der Waals surface area contributed by atoms with E-state index < -0.39 is 5.97 Å². The lowest BCUT2D eigenvalue weighted by molar-refractivity contribution is -0.137. The van der Waals surface area contributed by atoms with Gasteiger partial charge in [0.25, 0.3) is 0 Å². The first-order chi connectivity index (χ1) is 8.42. The van der Waals surface area contributed by atoms with Crippen molar-refractivity contribution < 1.29 is 14.6 Å². The van der Waals surface area contributed by atoms with Crippen molar-refractivity contribution in [3.05, 3.63) is 28.3 Å². The Balaban J connectivity index is 3.36. The van der Waals surface area contributed by atoms with Gasteiger partial charge in [0.15, 0.2) is 0 Å². The minimum atomic E-state index is -0.825. The Kier molecular flexibility index (Phi) is 4.73. The van der Waals surface area contributed by atoms with Crippen molar-refractivity contribution in [3.63, 3.8) is 0 Å². The van der Waals surface area contributed by atoms with Gasteiger partial charge < -0.3 is 15.2 Å². The first kappa shape index (κ1) is 14.5. The fourth-order valence-electron chi connectivity index (χ4n) is 2.29. The van der Waals surface area contributed by atoms with E-state index in [1.54, 1.807) is 14.2 Å². The van der Waals surface area contributed by atoms with Gasteiger partial charge in [-0.15, -0.1) is 0 Å². The molecule has 0 aliphatic carbocycles. The molecule has 1 aromatic rings. The van der Waals surface area contributed by atoms with Gasteiger partial charge >= 0.3 is 5.97 Å². The number of hydrogen-bond donors (Lipinski definition) is 2. The molecule has 0 spiro atoms. The van der Waals surface area contributed by atoms with Crippen molar-refractivity contribution in [1.29, 1.82) is 0 Å². The lowest BCUT2D eigenvalue weighted by Gasteiger charge is -2.22. The minimum Gasteiger partial charge on any atom is -0.496 e. The summed E-state index contributed by atoms with van der Waals surface area (Å²) in [5.41, 5.74) is 4.20. The number of benzene rings is 1. The van der Waals surface area contributed by atoms with Gasteiger partial charge in [-0.2, -0.15) is 0 Å². The summed E-state index contributed by atoms with van der Waals surface area (Å²) in [7, 11) is 3.39. The Morgan fingerprint density at radius 2 is 2.00 bits per heavy atom. The van der Waals surface area contributed by atoms with E-state index in [0.29, 0.717) is 0 Å². The average molecular weight is 251 g/mol. The van der Waals surface area contributed by atoms with E-state index in [4.69, 9.17) is 9.84 Å². The van der Waals surface area contributed by atoms with Gasteiger partial charge in [-0.1, -0.05) is 6.07 Å². The normalized spacial score (nSPS) is 12.3. The number of methoxy groups -OCH3 is 1. The first-order valence-electron chi connectivity index (χ1n) is 5.96. The van der Waals surface area contributed by atoms with E-state index in [0.717, 1.165) is 28.0 Å². The molecule has 0 amide bonds. The van der Waals surface area contributed by atoms with Gasteiger partial charge in [0.05, 0.1) is 13.5 Å². The van der Waals surface area contributed by atoms with Crippen LogP contribution in [0, 0.1) is 20.8 Å². The first-order valence-corrected chi connectivity index (χ1v) is 5.96. The van der Waals surface area contributed by atoms with Crippen LogP contribution >= 0.6 is 0 Å². The van der Waals surface area contributed by atoms with Crippen LogP contribution in [0.1, 0.15) is 34.7 Å². The fraction of sp³-hybridized carbons (Fsp3) is 0.500. The SMILES string of the molecule is CNC(CC(=O)O)c1c(C)cc(C)c(C)c1OC. The smallest absolute Gasteiger partial charge is 0.305 e. The molecule has 1 rings (SSSR count). The van der Waals surface area contributed by atoms with Crippen LogP contribution in [0.4, 0.5) is 0 Å². The molecule has 0 heterocycles. The number of carboxylic acid groups (broad SMARTS) is 1. The maximum absolute atomic E-state index is 10.9. The average Bonchev–Trinajstić information content (AvgIpc) is 2.30. The Hall–Kier alpha value is -1.55. The Bertz CT molecular complexity index is 455. The van der Waals surface area contributed by atoms with Gasteiger partial charge in [0.2, 0.25) is 0 Å². The summed E-state index contributed by atoms with van der Waals surface area (Å²) in [6.45, 7) is 6.00. The molecule has 18 heavy (non-hydrogen) atoms. The largest absolute Gasteiger partial charge is 0.496 e. The standard InChI is InChI=1S/C14H21NO3/c1-8-6-9(2)13(14(18-5)10(8)3)11(15-4)7-12(16)17/h6,11,15H,7H2,1-5H3,(H,16,17). The van der Waals surface area contributed by atoms with Gasteiger partial charge in [-0.25, -0.2) is 0 Å². The molecular weight excluding hydrogens is 230 g/mol. The highest BCUT2D eigenvalue weighted by molar-refractivity contribution is 5.68. The van der Waals surface area contributed by atoms with E-state index in [-0.39, 0.29) is 12.5 Å². The molecule has 0 radical (unpaired) electrons. The lowest BCUT2D eigenvalue weighted by Crippen LogP contribution is -2.22. The lowest BCUT2D eigenvalue weighted by atomic mass is 9.92. The molecule has 0 fully saturated rings. The quantitative estimate of drug-likeness (QED) is 0.843. The number of hydrogen-bond acceptors (Lipinski definition) is 3. The number of aryl methyl sites for hydroxylation is 2. The highest BCUT2D eigenvalue weighted by Gasteiger charge is 2.22. The molecule has 4 nitrogen and oxygen atoms in total. The number of carboxylic acids is 1. The van der Waals surface area contributed by atoms with Crippen LogP contribution in [0.5, 0.6) is 5.75 Å². The number of rotatable bonds is 5. The second-order valence-electron chi connectivity index (χ2n) is 4.52. The van der Waals surface area contributed by atoms with Gasteiger partial charge in [0, 0.05) is 11.6 Å². The number of ether oxygens (including phenoxy) is 1. The van der Waals surface area contributed by atoms with Crippen molar-refractivity contribution in [1.82, 2.24) is 5.32 Å². The molecule has 4 heteroatoms. The molecule has 0 saturated heterocycles. The monoisotopic (exact) mass is 251 g/mol. The van der Waals surface area contributed by atoms with Crippen LogP contribution in [-0.2, 0) is 4.79 Å². The van der Waals surface area contributed by atoms with Crippen LogP contribution in [-0.4, -0.2) is 25.2 Å². The van der Waals surface area contributed by atoms with Crippen LogP contribution < -0.4 is 10.1 Å². The molecule has 0 aliphatic heterocycles. The zero-order chi connectivity index (χ0) is 13.9. The van der Waals surface area contributed by atoms with Crippen molar-refractivity contribution in [3.8, 4) is 5.75 Å².